The Morgan fingerprint density at radius 2 is 2.00 bits per heavy atom. The Morgan fingerprint density at radius 3 is 2.81 bits per heavy atom. The van der Waals surface area contributed by atoms with Gasteiger partial charge in [-0.3, -0.25) is 4.79 Å². The van der Waals surface area contributed by atoms with E-state index in [2.05, 4.69) is 10.3 Å². The number of aromatic nitrogens is 3. The predicted molar refractivity (Wildman–Crippen MR) is 75.2 cm³/mol. The molecule has 3 aromatic rings. The molecule has 0 saturated heterocycles. The van der Waals surface area contributed by atoms with Crippen molar-refractivity contribution in [2.75, 3.05) is 0 Å². The van der Waals surface area contributed by atoms with Gasteiger partial charge in [0.05, 0.1) is 18.0 Å². The molecule has 21 heavy (non-hydrogen) atoms. The van der Waals surface area contributed by atoms with Gasteiger partial charge in [-0.25, -0.2) is 9.07 Å². The number of benzene rings is 2. The zero-order chi connectivity index (χ0) is 14.8. The van der Waals surface area contributed by atoms with Gasteiger partial charge in [0.25, 0.3) is 5.56 Å². The van der Waals surface area contributed by atoms with E-state index in [0.717, 1.165) is 4.68 Å². The monoisotopic (exact) mass is 285 g/mol. The molecule has 0 spiro atoms. The second kappa shape index (κ2) is 5.41. The Labute approximate surface area is 119 Å². The largest absolute Gasteiger partial charge is 0.386 e. The van der Waals surface area contributed by atoms with Crippen molar-refractivity contribution in [3.05, 3.63) is 70.3 Å². The summed E-state index contributed by atoms with van der Waals surface area (Å²) in [6.07, 6.45) is -1.03. The van der Waals surface area contributed by atoms with Gasteiger partial charge in [-0.05, 0) is 29.8 Å². The molecular weight excluding hydrogens is 273 g/mol. The Hall–Kier alpha value is -2.60. The first-order valence-electron chi connectivity index (χ1n) is 6.41. The minimum absolute atomic E-state index is 0.0832. The lowest BCUT2D eigenvalue weighted by atomic mass is 10.1. The number of nitrogens with zero attached hydrogens (tertiary/aromatic N) is 3. The molecule has 0 aliphatic heterocycles. The van der Waals surface area contributed by atoms with E-state index in [0.29, 0.717) is 16.5 Å². The summed E-state index contributed by atoms with van der Waals surface area (Å²) in [6.45, 7) is -0.0832. The first kappa shape index (κ1) is 13.4. The normalized spacial score (nSPS) is 12.5. The summed E-state index contributed by atoms with van der Waals surface area (Å²) in [5.41, 5.74) is 0.548. The molecule has 0 saturated carbocycles. The van der Waals surface area contributed by atoms with Crippen molar-refractivity contribution in [3.63, 3.8) is 0 Å². The molecule has 2 aromatic carbocycles. The summed E-state index contributed by atoms with van der Waals surface area (Å²) in [6, 6.07) is 12.5. The maximum atomic E-state index is 13.1. The average Bonchev–Trinajstić information content (AvgIpc) is 2.50. The van der Waals surface area contributed by atoms with Crippen LogP contribution in [0.2, 0.25) is 0 Å². The third-order valence-corrected chi connectivity index (χ3v) is 3.21. The highest BCUT2D eigenvalue weighted by Gasteiger charge is 2.12. The standard InChI is InChI=1S/C15H12FN3O2/c16-11-5-3-4-10(8-11)14(20)9-19-15(21)12-6-1-2-7-13(12)17-18-19/h1-8,14,20H,9H2. The van der Waals surface area contributed by atoms with Crippen LogP contribution in [0.25, 0.3) is 10.9 Å². The lowest BCUT2D eigenvalue weighted by molar-refractivity contribution is 0.148. The molecule has 0 aliphatic carbocycles. The van der Waals surface area contributed by atoms with Crippen molar-refractivity contribution >= 4 is 10.9 Å². The number of aliphatic hydroxyl groups is 1. The fraction of sp³-hybridized carbons (Fsp3) is 0.133. The van der Waals surface area contributed by atoms with E-state index in [1.54, 1.807) is 30.3 Å². The Balaban J connectivity index is 1.95. The highest BCUT2D eigenvalue weighted by molar-refractivity contribution is 5.76. The molecule has 0 bridgehead atoms. The van der Waals surface area contributed by atoms with E-state index < -0.39 is 11.9 Å². The van der Waals surface area contributed by atoms with E-state index in [9.17, 15) is 14.3 Å². The van der Waals surface area contributed by atoms with Crippen LogP contribution in [-0.2, 0) is 6.54 Å². The summed E-state index contributed by atoms with van der Waals surface area (Å²) in [5, 5.41) is 18.3. The van der Waals surface area contributed by atoms with Crippen molar-refractivity contribution in [2.45, 2.75) is 12.6 Å². The predicted octanol–water partition coefficient (Wildman–Crippen LogP) is 1.66. The van der Waals surface area contributed by atoms with Crippen LogP contribution in [-0.4, -0.2) is 20.1 Å². The van der Waals surface area contributed by atoms with Crippen LogP contribution in [0, 0.1) is 5.82 Å². The van der Waals surface area contributed by atoms with Crippen LogP contribution >= 0.6 is 0 Å². The molecule has 0 amide bonds. The molecule has 1 unspecified atom stereocenters. The van der Waals surface area contributed by atoms with Crippen molar-refractivity contribution in [3.8, 4) is 0 Å². The number of fused-ring (bicyclic) bond motifs is 1. The molecule has 1 atom stereocenters. The van der Waals surface area contributed by atoms with Crippen molar-refractivity contribution in [1.82, 2.24) is 15.0 Å². The summed E-state index contributed by atoms with van der Waals surface area (Å²) >= 11 is 0. The Bertz CT molecular complexity index is 847. The van der Waals surface area contributed by atoms with E-state index in [1.807, 2.05) is 0 Å². The van der Waals surface area contributed by atoms with E-state index in [-0.39, 0.29) is 12.1 Å². The zero-order valence-corrected chi connectivity index (χ0v) is 11.0. The molecule has 1 heterocycles. The van der Waals surface area contributed by atoms with Crippen LogP contribution in [0.4, 0.5) is 4.39 Å². The molecule has 0 aliphatic rings. The maximum Gasteiger partial charge on any atom is 0.277 e. The summed E-state index contributed by atoms with van der Waals surface area (Å²) in [5.74, 6) is -0.441. The van der Waals surface area contributed by atoms with Gasteiger partial charge >= 0.3 is 0 Å². The number of hydrogen-bond acceptors (Lipinski definition) is 4. The molecule has 106 valence electrons. The lowest BCUT2D eigenvalue weighted by Gasteiger charge is -2.12. The van der Waals surface area contributed by atoms with E-state index >= 15 is 0 Å². The third kappa shape index (κ3) is 2.66. The minimum Gasteiger partial charge on any atom is -0.386 e. The van der Waals surface area contributed by atoms with Gasteiger partial charge in [-0.2, -0.15) is 0 Å². The topological polar surface area (TPSA) is 68.0 Å². The summed E-state index contributed by atoms with van der Waals surface area (Å²) in [7, 11) is 0. The summed E-state index contributed by atoms with van der Waals surface area (Å²) < 4.78 is 14.2. The molecule has 3 rings (SSSR count). The SMILES string of the molecule is O=c1c2ccccc2nnn1CC(O)c1cccc(F)c1. The average molecular weight is 285 g/mol. The second-order valence-electron chi connectivity index (χ2n) is 4.66. The first-order chi connectivity index (χ1) is 10.1. The molecule has 0 radical (unpaired) electrons. The summed E-state index contributed by atoms with van der Waals surface area (Å²) in [4.78, 5) is 12.2. The lowest BCUT2D eigenvalue weighted by Crippen LogP contribution is -2.27. The second-order valence-corrected chi connectivity index (χ2v) is 4.66. The van der Waals surface area contributed by atoms with Gasteiger partial charge in [-0.15, -0.1) is 5.10 Å². The zero-order valence-electron chi connectivity index (χ0n) is 11.0. The van der Waals surface area contributed by atoms with E-state index in [1.165, 1.54) is 18.2 Å². The van der Waals surface area contributed by atoms with Gasteiger partial charge < -0.3 is 5.11 Å². The van der Waals surface area contributed by atoms with Gasteiger partial charge in [0, 0.05) is 0 Å². The van der Waals surface area contributed by atoms with Crippen LogP contribution < -0.4 is 5.56 Å². The minimum atomic E-state index is -1.03. The van der Waals surface area contributed by atoms with E-state index in [4.69, 9.17) is 0 Å². The molecular formula is C15H12FN3O2. The first-order valence-corrected chi connectivity index (χ1v) is 6.41. The van der Waals surface area contributed by atoms with Crippen LogP contribution in [0.1, 0.15) is 11.7 Å². The van der Waals surface area contributed by atoms with Crippen molar-refractivity contribution < 1.29 is 9.50 Å². The highest BCUT2D eigenvalue weighted by atomic mass is 19.1. The number of halogens is 1. The van der Waals surface area contributed by atoms with Crippen molar-refractivity contribution in [1.29, 1.82) is 0 Å². The Kier molecular flexibility index (Phi) is 3.45. The van der Waals surface area contributed by atoms with Gasteiger partial charge in [0.2, 0.25) is 0 Å². The van der Waals surface area contributed by atoms with Crippen LogP contribution in [0.3, 0.4) is 0 Å². The van der Waals surface area contributed by atoms with Gasteiger partial charge in [-0.1, -0.05) is 29.5 Å². The maximum absolute atomic E-state index is 13.1. The van der Waals surface area contributed by atoms with Crippen LogP contribution in [0.15, 0.2) is 53.3 Å². The Morgan fingerprint density at radius 1 is 1.19 bits per heavy atom. The molecule has 1 aromatic heterocycles. The number of rotatable bonds is 3. The highest BCUT2D eigenvalue weighted by Crippen LogP contribution is 2.15. The van der Waals surface area contributed by atoms with Crippen molar-refractivity contribution in [2.24, 2.45) is 0 Å². The fourth-order valence-corrected chi connectivity index (χ4v) is 2.13. The fourth-order valence-electron chi connectivity index (χ4n) is 2.13. The van der Waals surface area contributed by atoms with Crippen LogP contribution in [0.5, 0.6) is 0 Å². The molecule has 5 nitrogen and oxygen atoms in total. The van der Waals surface area contributed by atoms with Gasteiger partial charge in [0.1, 0.15) is 11.3 Å². The molecule has 0 fully saturated rings. The number of aliphatic hydroxyl groups excluding tert-OH is 1. The molecule has 6 heteroatoms. The molecule has 1 N–H and O–H groups in total. The smallest absolute Gasteiger partial charge is 0.277 e. The number of hydrogen-bond donors (Lipinski definition) is 1. The third-order valence-electron chi connectivity index (χ3n) is 3.21. The quantitative estimate of drug-likeness (QED) is 0.794. The van der Waals surface area contributed by atoms with Gasteiger partial charge in [0.15, 0.2) is 0 Å².